The molecule has 2 rings (SSSR count). The predicted molar refractivity (Wildman–Crippen MR) is 67.4 cm³/mol. The molecule has 3 nitrogen and oxygen atoms in total. The van der Waals surface area contributed by atoms with Gasteiger partial charge in [0.1, 0.15) is 5.69 Å². The van der Waals surface area contributed by atoms with Crippen molar-refractivity contribution in [3.63, 3.8) is 0 Å². The summed E-state index contributed by atoms with van der Waals surface area (Å²) in [6.45, 7) is 0.683. The fourth-order valence-corrected chi connectivity index (χ4v) is 2.59. The Morgan fingerprint density at radius 3 is 2.84 bits per heavy atom. The SMILES string of the molecule is FC(F)(F)c1ccnc(N2CCCCC2CCCl)n1. The lowest BCUT2D eigenvalue weighted by Crippen LogP contribution is -2.41. The lowest BCUT2D eigenvalue weighted by atomic mass is 10.0. The van der Waals surface area contributed by atoms with Gasteiger partial charge in [-0.3, -0.25) is 0 Å². The first kappa shape index (κ1) is 14.4. The van der Waals surface area contributed by atoms with E-state index in [0.29, 0.717) is 12.4 Å². The van der Waals surface area contributed by atoms with Crippen molar-refractivity contribution in [1.82, 2.24) is 9.97 Å². The van der Waals surface area contributed by atoms with Crippen LogP contribution in [0.3, 0.4) is 0 Å². The van der Waals surface area contributed by atoms with Crippen LogP contribution in [0.25, 0.3) is 0 Å². The first-order chi connectivity index (χ1) is 9.02. The van der Waals surface area contributed by atoms with E-state index in [1.54, 1.807) is 0 Å². The number of alkyl halides is 4. The Balaban J connectivity index is 2.24. The van der Waals surface area contributed by atoms with Crippen molar-refractivity contribution in [2.24, 2.45) is 0 Å². The second-order valence-corrected chi connectivity index (χ2v) is 4.94. The Morgan fingerprint density at radius 2 is 2.16 bits per heavy atom. The van der Waals surface area contributed by atoms with E-state index >= 15 is 0 Å². The first-order valence-electron chi connectivity index (χ1n) is 6.25. The third-order valence-electron chi connectivity index (χ3n) is 3.26. The van der Waals surface area contributed by atoms with Gasteiger partial charge in [-0.2, -0.15) is 13.2 Å². The molecular formula is C12H15ClF3N3. The van der Waals surface area contributed by atoms with E-state index in [9.17, 15) is 13.2 Å². The van der Waals surface area contributed by atoms with Crippen LogP contribution in [0, 0.1) is 0 Å². The number of rotatable bonds is 3. The Kier molecular flexibility index (Phi) is 4.50. The molecule has 19 heavy (non-hydrogen) atoms. The molecule has 0 amide bonds. The van der Waals surface area contributed by atoms with Gasteiger partial charge in [0.15, 0.2) is 0 Å². The van der Waals surface area contributed by atoms with Crippen LogP contribution in [0.2, 0.25) is 0 Å². The molecule has 1 aromatic heterocycles. The summed E-state index contributed by atoms with van der Waals surface area (Å²) < 4.78 is 38.0. The average Bonchev–Trinajstić information content (AvgIpc) is 2.39. The topological polar surface area (TPSA) is 29.0 Å². The zero-order valence-corrected chi connectivity index (χ0v) is 11.1. The van der Waals surface area contributed by atoms with Crippen molar-refractivity contribution in [3.05, 3.63) is 18.0 Å². The zero-order chi connectivity index (χ0) is 13.9. The van der Waals surface area contributed by atoms with Crippen LogP contribution >= 0.6 is 11.6 Å². The lowest BCUT2D eigenvalue weighted by Gasteiger charge is -2.35. The fourth-order valence-electron chi connectivity index (χ4n) is 2.33. The molecule has 0 bridgehead atoms. The zero-order valence-electron chi connectivity index (χ0n) is 10.3. The summed E-state index contributed by atoms with van der Waals surface area (Å²) >= 11 is 5.74. The first-order valence-corrected chi connectivity index (χ1v) is 6.78. The van der Waals surface area contributed by atoms with Gasteiger partial charge < -0.3 is 4.90 Å². The van der Waals surface area contributed by atoms with E-state index in [4.69, 9.17) is 11.6 Å². The normalized spacial score (nSPS) is 20.6. The van der Waals surface area contributed by atoms with E-state index in [2.05, 4.69) is 9.97 Å². The van der Waals surface area contributed by atoms with Crippen LogP contribution in [0.1, 0.15) is 31.4 Å². The summed E-state index contributed by atoms with van der Waals surface area (Å²) in [6.07, 6.45) is 0.399. The molecule has 1 unspecified atom stereocenters. The maximum Gasteiger partial charge on any atom is 0.433 e. The number of piperidine rings is 1. The molecule has 1 aliphatic heterocycles. The number of anilines is 1. The Labute approximate surface area is 114 Å². The molecule has 1 atom stereocenters. The van der Waals surface area contributed by atoms with Gasteiger partial charge in [0.25, 0.3) is 0 Å². The number of aromatic nitrogens is 2. The van der Waals surface area contributed by atoms with Crippen molar-refractivity contribution < 1.29 is 13.2 Å². The fraction of sp³-hybridized carbons (Fsp3) is 0.667. The number of hydrogen-bond donors (Lipinski definition) is 0. The summed E-state index contributed by atoms with van der Waals surface area (Å²) in [6, 6.07) is 1.03. The predicted octanol–water partition coefficient (Wildman–Crippen LogP) is 3.48. The summed E-state index contributed by atoms with van der Waals surface area (Å²) in [5.74, 6) is 0.643. The van der Waals surface area contributed by atoms with Crippen LogP contribution in [0.15, 0.2) is 12.3 Å². The molecule has 1 fully saturated rings. The van der Waals surface area contributed by atoms with Gasteiger partial charge in [0.05, 0.1) is 0 Å². The van der Waals surface area contributed by atoms with Crippen molar-refractivity contribution in [2.75, 3.05) is 17.3 Å². The maximum absolute atomic E-state index is 12.7. The third kappa shape index (κ3) is 3.49. The van der Waals surface area contributed by atoms with Crippen molar-refractivity contribution in [3.8, 4) is 0 Å². The van der Waals surface area contributed by atoms with E-state index in [0.717, 1.165) is 37.9 Å². The van der Waals surface area contributed by atoms with Crippen LogP contribution < -0.4 is 4.90 Å². The summed E-state index contributed by atoms with van der Waals surface area (Å²) in [7, 11) is 0. The molecule has 0 aromatic carbocycles. The van der Waals surface area contributed by atoms with E-state index in [-0.39, 0.29) is 12.0 Å². The van der Waals surface area contributed by atoms with Crippen molar-refractivity contribution >= 4 is 17.5 Å². The molecule has 0 spiro atoms. The van der Waals surface area contributed by atoms with E-state index < -0.39 is 11.9 Å². The minimum atomic E-state index is -4.44. The Morgan fingerprint density at radius 1 is 1.37 bits per heavy atom. The highest BCUT2D eigenvalue weighted by Gasteiger charge is 2.34. The highest BCUT2D eigenvalue weighted by molar-refractivity contribution is 6.17. The maximum atomic E-state index is 12.7. The molecule has 7 heteroatoms. The molecule has 106 valence electrons. The van der Waals surface area contributed by atoms with Gasteiger partial charge in [-0.15, -0.1) is 11.6 Å². The minimum absolute atomic E-state index is 0.134. The smallest absolute Gasteiger partial charge is 0.338 e. The highest BCUT2D eigenvalue weighted by Crippen LogP contribution is 2.30. The molecule has 0 N–H and O–H groups in total. The summed E-state index contributed by atoms with van der Waals surface area (Å²) in [5.41, 5.74) is -0.896. The molecule has 0 aliphatic carbocycles. The van der Waals surface area contributed by atoms with Crippen LogP contribution in [0.5, 0.6) is 0 Å². The monoisotopic (exact) mass is 293 g/mol. The van der Waals surface area contributed by atoms with Gasteiger partial charge >= 0.3 is 6.18 Å². The third-order valence-corrected chi connectivity index (χ3v) is 3.48. The minimum Gasteiger partial charge on any atom is -0.338 e. The van der Waals surface area contributed by atoms with Crippen LogP contribution in [-0.2, 0) is 6.18 Å². The van der Waals surface area contributed by atoms with Crippen molar-refractivity contribution in [1.29, 1.82) is 0 Å². The Bertz CT molecular complexity index is 423. The van der Waals surface area contributed by atoms with Crippen LogP contribution in [-0.4, -0.2) is 28.4 Å². The molecule has 0 radical (unpaired) electrons. The van der Waals surface area contributed by atoms with Gasteiger partial charge in [-0.1, -0.05) is 0 Å². The van der Waals surface area contributed by atoms with Gasteiger partial charge in [0.2, 0.25) is 5.95 Å². The largest absolute Gasteiger partial charge is 0.433 e. The van der Waals surface area contributed by atoms with Crippen molar-refractivity contribution in [2.45, 2.75) is 37.9 Å². The standard InChI is InChI=1S/C12H15ClF3N3/c13-6-4-9-3-1-2-8-19(9)11-17-7-5-10(18-11)12(14,15)16/h5,7,9H,1-4,6,8H2. The van der Waals surface area contributed by atoms with E-state index in [1.807, 2.05) is 4.90 Å². The second kappa shape index (κ2) is 5.94. The molecule has 1 aliphatic rings. The number of nitrogens with zero attached hydrogens (tertiary/aromatic N) is 3. The van der Waals surface area contributed by atoms with Crippen LogP contribution in [0.4, 0.5) is 19.1 Å². The molecular weight excluding hydrogens is 279 g/mol. The quantitative estimate of drug-likeness (QED) is 0.799. The Hall–Kier alpha value is -1.04. The highest BCUT2D eigenvalue weighted by atomic mass is 35.5. The van der Waals surface area contributed by atoms with Gasteiger partial charge in [-0.25, -0.2) is 9.97 Å². The second-order valence-electron chi connectivity index (χ2n) is 4.56. The molecule has 2 heterocycles. The van der Waals surface area contributed by atoms with Gasteiger partial charge in [-0.05, 0) is 31.7 Å². The lowest BCUT2D eigenvalue weighted by molar-refractivity contribution is -0.141. The summed E-state index contributed by atoms with van der Waals surface area (Å²) in [4.78, 5) is 9.48. The van der Waals surface area contributed by atoms with E-state index in [1.165, 1.54) is 0 Å². The summed E-state index contributed by atoms with van der Waals surface area (Å²) in [5, 5.41) is 0. The number of halogens is 4. The molecule has 0 saturated carbocycles. The van der Waals surface area contributed by atoms with Gasteiger partial charge in [0, 0.05) is 24.7 Å². The average molecular weight is 294 g/mol. The molecule has 1 saturated heterocycles. The number of hydrogen-bond acceptors (Lipinski definition) is 3. The molecule has 1 aromatic rings.